The van der Waals surface area contributed by atoms with Gasteiger partial charge in [0.1, 0.15) is 11.6 Å². The number of nitrogens with two attached hydrogens (primary N) is 1. The minimum absolute atomic E-state index is 0.144. The van der Waals surface area contributed by atoms with Gasteiger partial charge in [-0.25, -0.2) is 4.98 Å². The number of aromatic amines is 1. The fraction of sp³-hybridized carbons (Fsp3) is 0.636. The summed E-state index contributed by atoms with van der Waals surface area (Å²) >= 11 is 0. The summed E-state index contributed by atoms with van der Waals surface area (Å²) < 4.78 is 0. The molecule has 0 aliphatic rings. The van der Waals surface area contributed by atoms with Gasteiger partial charge >= 0.3 is 0 Å². The highest BCUT2D eigenvalue weighted by molar-refractivity contribution is 5.36. The summed E-state index contributed by atoms with van der Waals surface area (Å²) in [6, 6.07) is 1.45. The van der Waals surface area contributed by atoms with Crippen LogP contribution in [0.1, 0.15) is 39.4 Å². The zero-order chi connectivity index (χ0) is 12.3. The van der Waals surface area contributed by atoms with E-state index in [0.717, 1.165) is 0 Å². The Morgan fingerprint density at radius 2 is 2.19 bits per heavy atom. The van der Waals surface area contributed by atoms with Gasteiger partial charge in [0.05, 0.1) is 0 Å². The SMILES string of the molecule is CC(C)c1nc(NC(C)(C)CN)cc(=O)[nH]1. The Bertz CT molecular complexity index is 409. The second-order valence-electron chi connectivity index (χ2n) is 4.88. The van der Waals surface area contributed by atoms with Gasteiger partial charge in [-0.1, -0.05) is 13.8 Å². The van der Waals surface area contributed by atoms with Crippen LogP contribution < -0.4 is 16.6 Å². The molecule has 0 unspecified atom stereocenters. The number of rotatable bonds is 4. The van der Waals surface area contributed by atoms with Crippen molar-refractivity contribution in [2.24, 2.45) is 5.73 Å². The first-order chi connectivity index (χ1) is 7.34. The lowest BCUT2D eigenvalue weighted by Gasteiger charge is -2.25. The van der Waals surface area contributed by atoms with Gasteiger partial charge in [-0.3, -0.25) is 4.79 Å². The third-order valence-corrected chi connectivity index (χ3v) is 2.28. The van der Waals surface area contributed by atoms with Gasteiger partial charge in [-0.15, -0.1) is 0 Å². The monoisotopic (exact) mass is 224 g/mol. The third kappa shape index (κ3) is 3.34. The van der Waals surface area contributed by atoms with Gasteiger partial charge in [0.2, 0.25) is 0 Å². The number of hydrogen-bond acceptors (Lipinski definition) is 4. The van der Waals surface area contributed by atoms with Crippen molar-refractivity contribution in [2.45, 2.75) is 39.2 Å². The smallest absolute Gasteiger partial charge is 0.252 e. The normalized spacial score (nSPS) is 11.9. The van der Waals surface area contributed by atoms with E-state index in [1.165, 1.54) is 6.07 Å². The second kappa shape index (κ2) is 4.65. The van der Waals surface area contributed by atoms with Crippen molar-refractivity contribution in [3.63, 3.8) is 0 Å². The first kappa shape index (κ1) is 12.7. The highest BCUT2D eigenvalue weighted by atomic mass is 16.1. The van der Waals surface area contributed by atoms with Crippen molar-refractivity contribution < 1.29 is 0 Å². The Morgan fingerprint density at radius 1 is 1.56 bits per heavy atom. The van der Waals surface area contributed by atoms with E-state index in [-0.39, 0.29) is 17.0 Å². The molecule has 5 nitrogen and oxygen atoms in total. The molecule has 16 heavy (non-hydrogen) atoms. The van der Waals surface area contributed by atoms with Crippen LogP contribution in [0.5, 0.6) is 0 Å². The van der Waals surface area contributed by atoms with Gasteiger partial charge in [-0.2, -0.15) is 0 Å². The summed E-state index contributed by atoms with van der Waals surface area (Å²) in [7, 11) is 0. The van der Waals surface area contributed by atoms with E-state index >= 15 is 0 Å². The lowest BCUT2D eigenvalue weighted by Crippen LogP contribution is -2.39. The summed E-state index contributed by atoms with van der Waals surface area (Å²) in [4.78, 5) is 18.5. The quantitative estimate of drug-likeness (QED) is 0.713. The van der Waals surface area contributed by atoms with Crippen molar-refractivity contribution in [2.75, 3.05) is 11.9 Å². The zero-order valence-electron chi connectivity index (χ0n) is 10.3. The minimum Gasteiger partial charge on any atom is -0.364 e. The molecule has 1 aromatic rings. The maximum Gasteiger partial charge on any atom is 0.252 e. The minimum atomic E-state index is -0.269. The molecule has 0 saturated carbocycles. The van der Waals surface area contributed by atoms with Crippen molar-refractivity contribution in [1.29, 1.82) is 0 Å². The molecule has 0 aliphatic carbocycles. The van der Waals surface area contributed by atoms with Crippen LogP contribution in [0.3, 0.4) is 0 Å². The van der Waals surface area contributed by atoms with Gasteiger partial charge in [0.15, 0.2) is 0 Å². The average Bonchev–Trinajstić information content (AvgIpc) is 2.16. The topological polar surface area (TPSA) is 83.8 Å². The predicted molar refractivity (Wildman–Crippen MR) is 65.7 cm³/mol. The molecule has 4 N–H and O–H groups in total. The summed E-state index contributed by atoms with van der Waals surface area (Å²) in [6.45, 7) is 8.36. The molecule has 0 fully saturated rings. The zero-order valence-corrected chi connectivity index (χ0v) is 10.3. The van der Waals surface area contributed by atoms with E-state index in [1.807, 2.05) is 27.7 Å². The molecule has 1 rings (SSSR count). The summed E-state index contributed by atoms with van der Waals surface area (Å²) in [5, 5.41) is 3.15. The highest BCUT2D eigenvalue weighted by Crippen LogP contribution is 2.13. The maximum atomic E-state index is 11.4. The number of nitrogens with one attached hydrogen (secondary N) is 2. The lowest BCUT2D eigenvalue weighted by molar-refractivity contribution is 0.575. The van der Waals surface area contributed by atoms with E-state index in [1.54, 1.807) is 0 Å². The van der Waals surface area contributed by atoms with Crippen LogP contribution in [0.25, 0.3) is 0 Å². The van der Waals surface area contributed by atoms with E-state index in [2.05, 4.69) is 15.3 Å². The molecule has 0 aromatic carbocycles. The molecule has 1 heterocycles. The summed E-state index contributed by atoms with van der Waals surface area (Å²) in [5.74, 6) is 1.45. The Kier molecular flexibility index (Phi) is 3.70. The van der Waals surface area contributed by atoms with Gasteiger partial charge in [0.25, 0.3) is 5.56 Å². The molecule has 1 aromatic heterocycles. The van der Waals surface area contributed by atoms with Crippen molar-refractivity contribution >= 4 is 5.82 Å². The fourth-order valence-corrected chi connectivity index (χ4v) is 1.21. The van der Waals surface area contributed by atoms with E-state index in [9.17, 15) is 4.79 Å². The lowest BCUT2D eigenvalue weighted by atomic mass is 10.1. The van der Waals surface area contributed by atoms with Crippen LogP contribution in [-0.4, -0.2) is 22.1 Å². The Balaban J connectivity index is 3.02. The van der Waals surface area contributed by atoms with Gasteiger partial charge in [0, 0.05) is 24.1 Å². The molecule has 0 amide bonds. The number of nitrogens with zero attached hydrogens (tertiary/aromatic N) is 1. The number of hydrogen-bond donors (Lipinski definition) is 3. The third-order valence-electron chi connectivity index (χ3n) is 2.28. The molecule has 0 aliphatic heterocycles. The van der Waals surface area contributed by atoms with Crippen molar-refractivity contribution in [3.8, 4) is 0 Å². The predicted octanol–water partition coefficient (Wildman–Crippen LogP) is 1.04. The molecule has 0 bridgehead atoms. The van der Waals surface area contributed by atoms with E-state index < -0.39 is 0 Å². The molecule has 90 valence electrons. The second-order valence-corrected chi connectivity index (χ2v) is 4.88. The molecular weight excluding hydrogens is 204 g/mol. The molecular formula is C11H20N4O. The summed E-state index contributed by atoms with van der Waals surface area (Å²) in [5.41, 5.74) is 5.20. The van der Waals surface area contributed by atoms with Crippen molar-refractivity contribution in [3.05, 3.63) is 22.2 Å². The van der Waals surface area contributed by atoms with E-state index in [0.29, 0.717) is 18.2 Å². The maximum absolute atomic E-state index is 11.4. The van der Waals surface area contributed by atoms with Gasteiger partial charge < -0.3 is 16.0 Å². The Labute approximate surface area is 95.5 Å². The standard InChI is InChI=1S/C11H20N4O/c1-7(2)10-13-8(5-9(16)14-10)15-11(3,4)6-12/h5,7H,6,12H2,1-4H3,(H2,13,14,15,16). The highest BCUT2D eigenvalue weighted by Gasteiger charge is 2.16. The molecule has 0 atom stereocenters. The van der Waals surface area contributed by atoms with Gasteiger partial charge in [-0.05, 0) is 13.8 Å². The molecule has 0 saturated heterocycles. The molecule has 0 spiro atoms. The molecule has 0 radical (unpaired) electrons. The largest absolute Gasteiger partial charge is 0.364 e. The number of aromatic nitrogens is 2. The van der Waals surface area contributed by atoms with Crippen LogP contribution in [0.15, 0.2) is 10.9 Å². The summed E-state index contributed by atoms with van der Waals surface area (Å²) in [6.07, 6.45) is 0. The number of H-pyrrole nitrogens is 1. The van der Waals surface area contributed by atoms with Crippen LogP contribution in [0.2, 0.25) is 0 Å². The first-order valence-corrected chi connectivity index (χ1v) is 5.43. The van der Waals surface area contributed by atoms with Crippen LogP contribution in [0, 0.1) is 0 Å². The average molecular weight is 224 g/mol. The fourth-order valence-electron chi connectivity index (χ4n) is 1.21. The first-order valence-electron chi connectivity index (χ1n) is 5.43. The number of anilines is 1. The Morgan fingerprint density at radius 3 is 2.69 bits per heavy atom. The Hall–Kier alpha value is -1.36. The van der Waals surface area contributed by atoms with Crippen LogP contribution >= 0.6 is 0 Å². The van der Waals surface area contributed by atoms with Crippen molar-refractivity contribution in [1.82, 2.24) is 9.97 Å². The van der Waals surface area contributed by atoms with Crippen LogP contribution in [-0.2, 0) is 0 Å². The van der Waals surface area contributed by atoms with E-state index in [4.69, 9.17) is 5.73 Å². The molecule has 5 heteroatoms. The van der Waals surface area contributed by atoms with Crippen LogP contribution in [0.4, 0.5) is 5.82 Å².